The summed E-state index contributed by atoms with van der Waals surface area (Å²) in [6, 6.07) is 5.55. The van der Waals surface area contributed by atoms with Crippen LogP contribution < -0.4 is 10.7 Å². The summed E-state index contributed by atoms with van der Waals surface area (Å²) in [7, 11) is 0. The lowest BCUT2D eigenvalue weighted by molar-refractivity contribution is -0.137. The van der Waals surface area contributed by atoms with Crippen molar-refractivity contribution >= 4 is 22.4 Å². The Morgan fingerprint density at radius 2 is 2.04 bits per heavy atom. The van der Waals surface area contributed by atoms with Gasteiger partial charge < -0.3 is 0 Å². The Labute approximate surface area is 148 Å². The molecule has 3 rings (SSSR count). The molecule has 26 heavy (non-hydrogen) atoms. The molecule has 0 atom stereocenters. The van der Waals surface area contributed by atoms with E-state index in [0.717, 1.165) is 34.2 Å². The van der Waals surface area contributed by atoms with Crippen molar-refractivity contribution in [2.24, 2.45) is 0 Å². The minimum absolute atomic E-state index is 0.0716. The van der Waals surface area contributed by atoms with E-state index >= 15 is 0 Å². The number of nitrogens with zero attached hydrogens (tertiary/aromatic N) is 4. The quantitative estimate of drug-likeness (QED) is 0.753. The molecule has 0 radical (unpaired) electrons. The first-order valence-electron chi connectivity index (χ1n) is 7.12. The van der Waals surface area contributed by atoms with Crippen molar-refractivity contribution in [3.8, 4) is 5.69 Å². The van der Waals surface area contributed by atoms with Crippen molar-refractivity contribution in [2.75, 3.05) is 5.32 Å². The topological polar surface area (TPSA) is 89.8 Å². The Kier molecular flexibility index (Phi) is 4.55. The Balaban J connectivity index is 2.04. The summed E-state index contributed by atoms with van der Waals surface area (Å²) in [5, 5.41) is 13.6. The molecule has 2 aromatic heterocycles. The summed E-state index contributed by atoms with van der Waals surface area (Å²) < 4.78 is 39.8. The second-order valence-electron chi connectivity index (χ2n) is 5.16. The summed E-state index contributed by atoms with van der Waals surface area (Å²) in [5.41, 5.74) is -0.256. The first-order valence-corrected chi connectivity index (χ1v) is 8.00. The number of nitrogens with one attached hydrogen (secondary N) is 1. The molecule has 1 aromatic carbocycles. The number of hydrogen-bond acceptors (Lipinski definition) is 6. The van der Waals surface area contributed by atoms with Crippen molar-refractivity contribution in [1.29, 1.82) is 0 Å². The lowest BCUT2D eigenvalue weighted by Crippen LogP contribution is -2.27. The van der Waals surface area contributed by atoms with E-state index in [1.807, 2.05) is 0 Å². The third-order valence-electron chi connectivity index (χ3n) is 3.32. The number of halogens is 3. The fourth-order valence-corrected chi connectivity index (χ4v) is 2.60. The van der Waals surface area contributed by atoms with Crippen LogP contribution in [0.4, 0.5) is 18.3 Å². The highest BCUT2D eigenvalue weighted by atomic mass is 32.1. The van der Waals surface area contributed by atoms with Gasteiger partial charge in [0.15, 0.2) is 5.69 Å². The van der Waals surface area contributed by atoms with E-state index in [1.165, 1.54) is 24.6 Å². The molecule has 1 amide bonds. The van der Waals surface area contributed by atoms with Crippen LogP contribution in [0.3, 0.4) is 0 Å². The molecule has 2 heterocycles. The summed E-state index contributed by atoms with van der Waals surface area (Å²) in [6.45, 7) is 1.50. The van der Waals surface area contributed by atoms with Gasteiger partial charge in [0.05, 0.1) is 11.3 Å². The van der Waals surface area contributed by atoms with E-state index in [4.69, 9.17) is 0 Å². The maximum absolute atomic E-state index is 12.9. The number of alkyl halides is 3. The Bertz CT molecular complexity index is 1010. The number of amides is 1. The van der Waals surface area contributed by atoms with E-state index in [2.05, 4.69) is 20.6 Å². The van der Waals surface area contributed by atoms with Crippen LogP contribution in [0, 0.1) is 6.92 Å². The first-order chi connectivity index (χ1) is 12.3. The minimum atomic E-state index is -4.53. The standard InChI is InChI=1S/C15H10F3N5O2S/c1-8-5-11(24)12(13(25)20-14-21-19-7-26-14)22-23(8)10-4-2-3-9(6-10)15(16,17)18/h2-7H,1H3,(H,20,21,25). The zero-order valence-corrected chi connectivity index (χ0v) is 13.9. The van der Waals surface area contributed by atoms with E-state index < -0.39 is 28.8 Å². The molecule has 3 aromatic rings. The summed E-state index contributed by atoms with van der Waals surface area (Å²) >= 11 is 1.04. The second kappa shape index (κ2) is 6.67. The highest BCUT2D eigenvalue weighted by Crippen LogP contribution is 2.30. The lowest BCUT2D eigenvalue weighted by Gasteiger charge is -2.13. The van der Waals surface area contributed by atoms with Crippen LogP contribution in [0.5, 0.6) is 0 Å². The number of carbonyl (C=O) groups is 1. The monoisotopic (exact) mass is 381 g/mol. The van der Waals surface area contributed by atoms with Crippen molar-refractivity contribution in [3.05, 3.63) is 63.0 Å². The zero-order chi connectivity index (χ0) is 18.9. The predicted octanol–water partition coefficient (Wildman–Crippen LogP) is 2.66. The van der Waals surface area contributed by atoms with E-state index in [0.29, 0.717) is 0 Å². The number of hydrogen-bond donors (Lipinski definition) is 1. The van der Waals surface area contributed by atoms with Gasteiger partial charge in [0.1, 0.15) is 5.51 Å². The van der Waals surface area contributed by atoms with Crippen LogP contribution in [0.1, 0.15) is 21.7 Å². The molecule has 0 spiro atoms. The van der Waals surface area contributed by atoms with Gasteiger partial charge in [0.2, 0.25) is 10.6 Å². The van der Waals surface area contributed by atoms with Crippen LogP contribution in [0.15, 0.2) is 40.6 Å². The number of anilines is 1. The van der Waals surface area contributed by atoms with Crippen molar-refractivity contribution in [1.82, 2.24) is 20.0 Å². The number of aryl methyl sites for hydroxylation is 1. The Hall–Kier alpha value is -3.08. The Morgan fingerprint density at radius 1 is 1.27 bits per heavy atom. The maximum atomic E-state index is 12.9. The van der Waals surface area contributed by atoms with Gasteiger partial charge in [-0.1, -0.05) is 17.4 Å². The van der Waals surface area contributed by atoms with Gasteiger partial charge in [-0.15, -0.1) is 10.2 Å². The van der Waals surface area contributed by atoms with Gasteiger partial charge in [-0.25, -0.2) is 4.68 Å². The molecule has 0 unspecified atom stereocenters. The van der Waals surface area contributed by atoms with E-state index in [9.17, 15) is 22.8 Å². The molecular weight excluding hydrogens is 371 g/mol. The molecule has 0 bridgehead atoms. The summed E-state index contributed by atoms with van der Waals surface area (Å²) in [4.78, 5) is 24.3. The third kappa shape index (κ3) is 3.61. The Morgan fingerprint density at radius 3 is 2.69 bits per heavy atom. The lowest BCUT2D eigenvalue weighted by atomic mass is 10.2. The van der Waals surface area contributed by atoms with Crippen LogP contribution in [-0.4, -0.2) is 25.9 Å². The number of rotatable bonds is 3. The smallest absolute Gasteiger partial charge is 0.295 e. The largest absolute Gasteiger partial charge is 0.416 e. The molecule has 1 N–H and O–H groups in total. The normalized spacial score (nSPS) is 11.4. The molecule has 7 nitrogen and oxygen atoms in total. The van der Waals surface area contributed by atoms with Gasteiger partial charge >= 0.3 is 6.18 Å². The number of aromatic nitrogens is 4. The average Bonchev–Trinajstić information content (AvgIpc) is 3.07. The number of benzene rings is 1. The van der Waals surface area contributed by atoms with Crippen molar-refractivity contribution < 1.29 is 18.0 Å². The molecule has 0 saturated heterocycles. The van der Waals surface area contributed by atoms with Crippen molar-refractivity contribution in [2.45, 2.75) is 13.1 Å². The van der Waals surface area contributed by atoms with Gasteiger partial charge in [-0.3, -0.25) is 14.9 Å². The van der Waals surface area contributed by atoms with E-state index in [1.54, 1.807) is 0 Å². The van der Waals surface area contributed by atoms with Crippen LogP contribution in [0.25, 0.3) is 5.69 Å². The highest BCUT2D eigenvalue weighted by Gasteiger charge is 2.30. The minimum Gasteiger partial charge on any atom is -0.295 e. The molecule has 0 aliphatic carbocycles. The van der Waals surface area contributed by atoms with Gasteiger partial charge in [-0.05, 0) is 25.1 Å². The average molecular weight is 381 g/mol. The van der Waals surface area contributed by atoms with Crippen LogP contribution >= 0.6 is 11.3 Å². The van der Waals surface area contributed by atoms with E-state index in [-0.39, 0.29) is 16.5 Å². The molecule has 0 fully saturated rings. The summed E-state index contributed by atoms with van der Waals surface area (Å²) in [5.74, 6) is -0.826. The van der Waals surface area contributed by atoms with Gasteiger partial charge in [0.25, 0.3) is 5.91 Å². The molecule has 0 aliphatic rings. The fraction of sp³-hybridized carbons (Fsp3) is 0.133. The third-order valence-corrected chi connectivity index (χ3v) is 3.93. The molecule has 134 valence electrons. The van der Waals surface area contributed by atoms with Crippen molar-refractivity contribution in [3.63, 3.8) is 0 Å². The fourth-order valence-electron chi connectivity index (χ4n) is 2.16. The molecular formula is C15H10F3N5O2S. The highest BCUT2D eigenvalue weighted by molar-refractivity contribution is 7.13. The first kappa shape index (κ1) is 17.7. The summed E-state index contributed by atoms with van der Waals surface area (Å²) in [6.07, 6.45) is -4.53. The molecule has 0 aliphatic heterocycles. The molecule has 0 saturated carbocycles. The van der Waals surface area contributed by atoms with Gasteiger partial charge in [-0.2, -0.15) is 18.3 Å². The van der Waals surface area contributed by atoms with Gasteiger partial charge in [0, 0.05) is 11.8 Å². The predicted molar refractivity (Wildman–Crippen MR) is 87.4 cm³/mol. The maximum Gasteiger partial charge on any atom is 0.416 e. The van der Waals surface area contributed by atoms with Crippen LogP contribution in [-0.2, 0) is 6.18 Å². The second-order valence-corrected chi connectivity index (χ2v) is 5.99. The van der Waals surface area contributed by atoms with Crippen LogP contribution in [0.2, 0.25) is 0 Å². The SMILES string of the molecule is Cc1cc(=O)c(C(=O)Nc2nncs2)nn1-c1cccc(C(F)(F)F)c1. The molecule has 11 heteroatoms. The number of carbonyl (C=O) groups excluding carboxylic acids is 1. The zero-order valence-electron chi connectivity index (χ0n) is 13.1.